The smallest absolute Gasteiger partial charge is 0.278 e. The van der Waals surface area contributed by atoms with Crippen LogP contribution in [0.3, 0.4) is 0 Å². The van der Waals surface area contributed by atoms with Gasteiger partial charge in [-0.3, -0.25) is 15.5 Å². The predicted octanol–water partition coefficient (Wildman–Crippen LogP) is 2.76. The van der Waals surface area contributed by atoms with Crippen molar-refractivity contribution in [2.45, 2.75) is 13.5 Å². The minimum atomic E-state index is -0.482. The number of nitro groups is 1. The molecule has 2 aromatic rings. The Hall–Kier alpha value is -3.31. The molecule has 24 heavy (non-hydrogen) atoms. The fraction of sp³-hybridized carbons (Fsp3) is 0.188. The van der Waals surface area contributed by atoms with Crippen molar-refractivity contribution in [2.24, 2.45) is 5.10 Å². The van der Waals surface area contributed by atoms with E-state index in [-0.39, 0.29) is 18.1 Å². The van der Waals surface area contributed by atoms with Gasteiger partial charge in [-0.15, -0.1) is 0 Å². The van der Waals surface area contributed by atoms with Crippen LogP contribution in [-0.4, -0.2) is 23.2 Å². The first kappa shape index (κ1) is 17.1. The number of hydrogen-bond acceptors (Lipinski definition) is 7. The van der Waals surface area contributed by atoms with Crippen LogP contribution in [0.2, 0.25) is 0 Å². The molecule has 0 unspecified atom stereocenters. The molecule has 0 atom stereocenters. The van der Waals surface area contributed by atoms with E-state index in [4.69, 9.17) is 4.74 Å². The third-order valence-electron chi connectivity index (χ3n) is 3.15. The van der Waals surface area contributed by atoms with E-state index >= 15 is 0 Å². The highest BCUT2D eigenvalue weighted by atomic mass is 16.6. The number of methoxy groups -OCH3 is 1. The van der Waals surface area contributed by atoms with Crippen LogP contribution in [0.5, 0.6) is 0 Å². The highest BCUT2D eigenvalue weighted by Crippen LogP contribution is 2.20. The summed E-state index contributed by atoms with van der Waals surface area (Å²) in [5.74, 6) is 0.277. The Morgan fingerprint density at radius 1 is 1.50 bits per heavy atom. The molecule has 0 aliphatic rings. The average molecular weight is 325 g/mol. The Bertz CT molecular complexity index is 827. The highest BCUT2D eigenvalue weighted by molar-refractivity contribution is 5.85. The van der Waals surface area contributed by atoms with Crippen LogP contribution in [0.4, 0.5) is 11.5 Å². The van der Waals surface area contributed by atoms with Crippen LogP contribution in [-0.2, 0) is 11.3 Å². The van der Waals surface area contributed by atoms with Crippen molar-refractivity contribution in [3.8, 4) is 6.07 Å². The molecule has 1 aromatic heterocycles. The lowest BCUT2D eigenvalue weighted by Gasteiger charge is -2.09. The molecule has 0 fully saturated rings. The molecule has 8 nitrogen and oxygen atoms in total. The number of aryl methyl sites for hydroxylation is 1. The first-order chi connectivity index (χ1) is 11.6. The summed E-state index contributed by atoms with van der Waals surface area (Å²) in [6.07, 6.45) is 1.32. The summed E-state index contributed by atoms with van der Waals surface area (Å²) in [6, 6.07) is 10.1. The number of nitrogens with one attached hydrogen (secondary N) is 1. The van der Waals surface area contributed by atoms with Crippen molar-refractivity contribution in [2.75, 3.05) is 12.5 Å². The van der Waals surface area contributed by atoms with E-state index in [1.165, 1.54) is 19.4 Å². The third-order valence-corrected chi connectivity index (χ3v) is 3.15. The van der Waals surface area contributed by atoms with Gasteiger partial charge in [-0.25, -0.2) is 4.98 Å². The first-order valence-electron chi connectivity index (χ1n) is 6.99. The van der Waals surface area contributed by atoms with Crippen molar-refractivity contribution < 1.29 is 9.66 Å². The van der Waals surface area contributed by atoms with Gasteiger partial charge in [0.05, 0.1) is 23.3 Å². The number of anilines is 1. The Kier molecular flexibility index (Phi) is 5.54. The van der Waals surface area contributed by atoms with Crippen LogP contribution in [0.1, 0.15) is 22.4 Å². The van der Waals surface area contributed by atoms with Gasteiger partial charge in [-0.1, -0.05) is 12.1 Å². The second-order valence-corrected chi connectivity index (χ2v) is 4.88. The lowest BCUT2D eigenvalue weighted by Crippen LogP contribution is -2.04. The number of benzene rings is 1. The van der Waals surface area contributed by atoms with Crippen molar-refractivity contribution >= 4 is 17.7 Å². The lowest BCUT2D eigenvalue weighted by atomic mass is 10.1. The molecule has 0 amide bonds. The predicted molar refractivity (Wildman–Crippen MR) is 88.7 cm³/mol. The maximum Gasteiger partial charge on any atom is 0.278 e. The van der Waals surface area contributed by atoms with E-state index in [0.717, 1.165) is 0 Å². The number of pyridine rings is 1. The van der Waals surface area contributed by atoms with Gasteiger partial charge in [0.25, 0.3) is 5.69 Å². The highest BCUT2D eigenvalue weighted by Gasteiger charge is 2.12. The van der Waals surface area contributed by atoms with Crippen molar-refractivity contribution in [1.82, 2.24) is 4.98 Å². The Balaban J connectivity index is 2.30. The summed E-state index contributed by atoms with van der Waals surface area (Å²) >= 11 is 0. The second-order valence-electron chi connectivity index (χ2n) is 4.88. The van der Waals surface area contributed by atoms with E-state index in [1.807, 2.05) is 0 Å². The van der Waals surface area contributed by atoms with E-state index < -0.39 is 4.92 Å². The van der Waals surface area contributed by atoms with E-state index in [1.54, 1.807) is 31.2 Å². The SMILES string of the molecule is COCc1cc(C)nc(N/N=C\c2ccccc2[N+](=O)[O-])c1C#N. The molecule has 122 valence electrons. The number of nitrogens with zero attached hydrogens (tertiary/aromatic N) is 4. The van der Waals surface area contributed by atoms with Gasteiger partial charge in [0.15, 0.2) is 5.82 Å². The van der Waals surface area contributed by atoms with Crippen LogP contribution in [0.25, 0.3) is 0 Å². The number of aromatic nitrogens is 1. The molecule has 0 saturated carbocycles. The number of ether oxygens (including phenoxy) is 1. The lowest BCUT2D eigenvalue weighted by molar-refractivity contribution is -0.385. The number of rotatable bonds is 6. The van der Waals surface area contributed by atoms with Gasteiger partial charge in [0.2, 0.25) is 0 Å². The Morgan fingerprint density at radius 2 is 2.25 bits per heavy atom. The molecule has 0 aliphatic heterocycles. The van der Waals surface area contributed by atoms with Gasteiger partial charge in [-0.05, 0) is 19.1 Å². The molecule has 0 radical (unpaired) electrons. The number of para-hydroxylation sites is 1. The molecule has 0 spiro atoms. The van der Waals surface area contributed by atoms with Crippen LogP contribution in [0, 0.1) is 28.4 Å². The topological polar surface area (TPSA) is 113 Å². The summed E-state index contributed by atoms with van der Waals surface area (Å²) in [7, 11) is 1.54. The van der Waals surface area contributed by atoms with Gasteiger partial charge < -0.3 is 4.74 Å². The fourth-order valence-electron chi connectivity index (χ4n) is 2.14. The zero-order chi connectivity index (χ0) is 17.5. The molecule has 0 saturated heterocycles. The molecular formula is C16H15N5O3. The Morgan fingerprint density at radius 3 is 2.92 bits per heavy atom. The first-order valence-corrected chi connectivity index (χ1v) is 6.99. The number of hydrazone groups is 1. The summed E-state index contributed by atoms with van der Waals surface area (Å²) in [4.78, 5) is 14.7. The molecule has 8 heteroatoms. The monoisotopic (exact) mass is 325 g/mol. The van der Waals surface area contributed by atoms with Gasteiger partial charge in [-0.2, -0.15) is 10.4 Å². The minimum Gasteiger partial charge on any atom is -0.380 e. The zero-order valence-electron chi connectivity index (χ0n) is 13.2. The van der Waals surface area contributed by atoms with Crippen LogP contribution in [0.15, 0.2) is 35.4 Å². The van der Waals surface area contributed by atoms with Crippen molar-refractivity contribution in [1.29, 1.82) is 5.26 Å². The second kappa shape index (κ2) is 7.80. The van der Waals surface area contributed by atoms with E-state index in [2.05, 4.69) is 21.6 Å². The van der Waals surface area contributed by atoms with Crippen molar-refractivity contribution in [3.05, 3.63) is 62.8 Å². The minimum absolute atomic E-state index is 0.0548. The maximum absolute atomic E-state index is 11.0. The molecule has 2 rings (SSSR count). The van der Waals surface area contributed by atoms with E-state index in [9.17, 15) is 15.4 Å². The third kappa shape index (κ3) is 3.91. The average Bonchev–Trinajstić information content (AvgIpc) is 2.55. The molecule has 0 aliphatic carbocycles. The zero-order valence-corrected chi connectivity index (χ0v) is 13.2. The molecule has 1 heterocycles. The normalized spacial score (nSPS) is 10.5. The van der Waals surface area contributed by atoms with Gasteiger partial charge in [0.1, 0.15) is 11.6 Å². The Labute approximate surface area is 138 Å². The van der Waals surface area contributed by atoms with Crippen LogP contribution >= 0.6 is 0 Å². The summed E-state index contributed by atoms with van der Waals surface area (Å²) in [5.41, 5.74) is 4.68. The molecule has 1 aromatic carbocycles. The quantitative estimate of drug-likeness (QED) is 0.496. The van der Waals surface area contributed by atoms with Crippen LogP contribution < -0.4 is 5.43 Å². The summed E-state index contributed by atoms with van der Waals surface area (Å²) in [6.45, 7) is 2.06. The van der Waals surface area contributed by atoms with Crippen molar-refractivity contribution in [3.63, 3.8) is 0 Å². The van der Waals surface area contributed by atoms with E-state index in [0.29, 0.717) is 22.4 Å². The molecule has 0 bridgehead atoms. The number of nitriles is 1. The maximum atomic E-state index is 11.0. The summed E-state index contributed by atoms with van der Waals surface area (Å²) < 4.78 is 5.08. The number of hydrogen-bond donors (Lipinski definition) is 1. The van der Waals surface area contributed by atoms with Gasteiger partial charge in [0, 0.05) is 24.4 Å². The molecule has 1 N–H and O–H groups in total. The summed E-state index contributed by atoms with van der Waals surface area (Å²) in [5, 5.41) is 24.3. The largest absolute Gasteiger partial charge is 0.380 e. The molecular weight excluding hydrogens is 310 g/mol. The fourth-order valence-corrected chi connectivity index (χ4v) is 2.14. The standard InChI is InChI=1S/C16H15N5O3/c1-11-7-13(10-24-2)14(8-17)16(19-11)20-18-9-12-5-3-4-6-15(12)21(22)23/h3-7,9H,10H2,1-2H3,(H,19,20)/b18-9-. The van der Waals surface area contributed by atoms with Gasteiger partial charge >= 0.3 is 0 Å². The number of nitro benzene ring substituents is 1.